The second-order valence-electron chi connectivity index (χ2n) is 1.97. The monoisotopic (exact) mass is 216 g/mol. The first-order chi connectivity index (χ1) is 5.40. The van der Waals surface area contributed by atoms with E-state index in [-0.39, 0.29) is 21.8 Å². The summed E-state index contributed by atoms with van der Waals surface area (Å²) >= 11 is 5.18. The Hall–Kier alpha value is -0.360. The van der Waals surface area contributed by atoms with Crippen LogP contribution >= 0.6 is 23.4 Å². The van der Waals surface area contributed by atoms with Crippen molar-refractivity contribution in [2.45, 2.75) is 10.5 Å². The lowest BCUT2D eigenvalue weighted by atomic mass is 10.7. The topological polar surface area (TPSA) is 17.8 Å². The maximum atomic E-state index is 11.8. The van der Waals surface area contributed by atoms with Gasteiger partial charge in [0.25, 0.3) is 0 Å². The largest absolute Gasteiger partial charge is 0.447 e. The van der Waals surface area contributed by atoms with E-state index in [1.54, 1.807) is 0 Å². The Morgan fingerprint density at radius 3 is 2.50 bits per heavy atom. The summed E-state index contributed by atoms with van der Waals surface area (Å²) in [6.45, 7) is 0. The van der Waals surface area contributed by atoms with Gasteiger partial charge in [0.2, 0.25) is 0 Å². The molecule has 0 fully saturated rings. The van der Waals surface area contributed by atoms with E-state index < -0.39 is 5.51 Å². The molecule has 0 radical (unpaired) electrons. The highest BCUT2D eigenvalue weighted by Crippen LogP contribution is 2.39. The van der Waals surface area contributed by atoms with Gasteiger partial charge in [-0.15, -0.1) is 0 Å². The molecular weight excluding hydrogens is 213 g/mol. The highest BCUT2D eigenvalue weighted by Gasteiger charge is 2.32. The van der Waals surface area contributed by atoms with E-state index in [0.29, 0.717) is 0 Å². The quantitative estimate of drug-likeness (QED) is 0.672. The number of alkyl halides is 3. The summed E-state index contributed by atoms with van der Waals surface area (Å²) in [5.74, 6) is 0. The molecule has 0 saturated carbocycles. The van der Waals surface area contributed by atoms with E-state index in [4.69, 9.17) is 11.6 Å². The molecule has 0 aliphatic heterocycles. The highest BCUT2D eigenvalue weighted by atomic mass is 35.5. The molecule has 0 spiro atoms. The standard InChI is InChI=1S/C5H4ClF3N2S/c1-11-4(3(6)2-10-11)12-5(7,8)9/h2H,1H3. The minimum absolute atomic E-state index is 0.0137. The van der Waals surface area contributed by atoms with Gasteiger partial charge in [-0.3, -0.25) is 4.68 Å². The first-order valence-corrected chi connectivity index (χ1v) is 4.03. The minimum Gasteiger partial charge on any atom is -0.260 e. The summed E-state index contributed by atoms with van der Waals surface area (Å²) in [5.41, 5.74) is -4.32. The summed E-state index contributed by atoms with van der Waals surface area (Å²) in [4.78, 5) is 0. The lowest BCUT2D eigenvalue weighted by Crippen LogP contribution is -2.02. The number of thioether (sulfide) groups is 1. The second kappa shape index (κ2) is 3.18. The van der Waals surface area contributed by atoms with Crippen LogP contribution in [-0.4, -0.2) is 15.3 Å². The first-order valence-electron chi connectivity index (χ1n) is 2.83. The highest BCUT2D eigenvalue weighted by molar-refractivity contribution is 8.00. The van der Waals surface area contributed by atoms with Crippen molar-refractivity contribution in [1.82, 2.24) is 9.78 Å². The van der Waals surface area contributed by atoms with Gasteiger partial charge >= 0.3 is 5.51 Å². The van der Waals surface area contributed by atoms with Gasteiger partial charge in [-0.25, -0.2) is 0 Å². The Balaban J connectivity index is 2.88. The molecule has 7 heteroatoms. The predicted octanol–water partition coefficient (Wildman–Crippen LogP) is 2.69. The van der Waals surface area contributed by atoms with Crippen LogP contribution in [0, 0.1) is 0 Å². The molecule has 1 rings (SSSR count). The molecule has 0 bridgehead atoms. The number of aryl methyl sites for hydroxylation is 1. The Morgan fingerprint density at radius 2 is 2.17 bits per heavy atom. The van der Waals surface area contributed by atoms with E-state index in [1.165, 1.54) is 13.2 Å². The van der Waals surface area contributed by atoms with Gasteiger partial charge in [-0.05, 0) is 0 Å². The van der Waals surface area contributed by atoms with Crippen LogP contribution in [0.2, 0.25) is 5.02 Å². The molecular formula is C5H4ClF3N2S. The zero-order valence-electron chi connectivity index (χ0n) is 5.89. The molecule has 0 aromatic carbocycles. The van der Waals surface area contributed by atoms with Gasteiger partial charge in [0.1, 0.15) is 5.03 Å². The van der Waals surface area contributed by atoms with Gasteiger partial charge < -0.3 is 0 Å². The van der Waals surface area contributed by atoms with Gasteiger partial charge in [0.05, 0.1) is 11.2 Å². The average molecular weight is 217 g/mol. The van der Waals surface area contributed by atoms with E-state index in [0.717, 1.165) is 4.68 Å². The Labute approximate surface area is 75.7 Å². The molecule has 2 nitrogen and oxygen atoms in total. The molecule has 0 atom stereocenters. The number of halogens is 4. The SMILES string of the molecule is Cn1ncc(Cl)c1SC(F)(F)F. The molecule has 1 heterocycles. The maximum Gasteiger partial charge on any atom is 0.447 e. The van der Waals surface area contributed by atoms with Crippen LogP contribution in [0.25, 0.3) is 0 Å². The van der Waals surface area contributed by atoms with Crippen molar-refractivity contribution in [2.75, 3.05) is 0 Å². The maximum absolute atomic E-state index is 11.8. The minimum atomic E-state index is -4.32. The fourth-order valence-electron chi connectivity index (χ4n) is 0.624. The summed E-state index contributed by atoms with van der Waals surface area (Å²) < 4.78 is 36.6. The van der Waals surface area contributed by atoms with Crippen LogP contribution < -0.4 is 0 Å². The fraction of sp³-hybridized carbons (Fsp3) is 0.400. The van der Waals surface area contributed by atoms with Crippen LogP contribution in [-0.2, 0) is 7.05 Å². The van der Waals surface area contributed by atoms with E-state index in [1.807, 2.05) is 0 Å². The fourth-order valence-corrected chi connectivity index (χ4v) is 1.45. The third-order valence-corrected chi connectivity index (χ3v) is 2.35. The van der Waals surface area contributed by atoms with Gasteiger partial charge in [0.15, 0.2) is 0 Å². The van der Waals surface area contributed by atoms with Crippen molar-refractivity contribution < 1.29 is 13.2 Å². The second-order valence-corrected chi connectivity index (χ2v) is 3.43. The first kappa shape index (κ1) is 9.73. The molecule has 0 N–H and O–H groups in total. The summed E-state index contributed by atoms with van der Waals surface area (Å²) in [6.07, 6.45) is 1.18. The zero-order chi connectivity index (χ0) is 9.35. The molecule has 0 aliphatic rings. The van der Waals surface area contributed by atoms with Crippen molar-refractivity contribution in [3.05, 3.63) is 11.2 Å². The number of rotatable bonds is 1. The molecule has 0 amide bonds. The van der Waals surface area contributed by atoms with Crippen LogP contribution in [0.1, 0.15) is 0 Å². The average Bonchev–Trinajstić information content (AvgIpc) is 2.16. The smallest absolute Gasteiger partial charge is 0.260 e. The molecule has 68 valence electrons. The molecule has 0 unspecified atom stereocenters. The number of hydrogen-bond acceptors (Lipinski definition) is 2. The van der Waals surface area contributed by atoms with Gasteiger partial charge in [-0.2, -0.15) is 18.3 Å². The summed E-state index contributed by atoms with van der Waals surface area (Å²) in [5, 5.41) is 3.48. The number of nitrogens with zero attached hydrogens (tertiary/aromatic N) is 2. The number of hydrogen-bond donors (Lipinski definition) is 0. The van der Waals surface area contributed by atoms with Crippen molar-refractivity contribution in [3.8, 4) is 0 Å². The molecule has 0 aliphatic carbocycles. The number of aromatic nitrogens is 2. The van der Waals surface area contributed by atoms with Crippen molar-refractivity contribution in [2.24, 2.45) is 7.05 Å². The van der Waals surface area contributed by atoms with Gasteiger partial charge in [0, 0.05) is 18.8 Å². The molecule has 1 aromatic rings. The Bertz CT molecular complexity index is 263. The Kier molecular flexibility index (Phi) is 2.58. The van der Waals surface area contributed by atoms with Crippen LogP contribution in [0.5, 0.6) is 0 Å². The van der Waals surface area contributed by atoms with Gasteiger partial charge in [-0.1, -0.05) is 11.6 Å². The molecule has 1 aromatic heterocycles. The molecule has 12 heavy (non-hydrogen) atoms. The zero-order valence-corrected chi connectivity index (χ0v) is 7.46. The molecule has 0 saturated heterocycles. The lowest BCUT2D eigenvalue weighted by molar-refractivity contribution is -0.0330. The lowest BCUT2D eigenvalue weighted by Gasteiger charge is -2.05. The summed E-state index contributed by atoms with van der Waals surface area (Å²) in [7, 11) is 1.40. The van der Waals surface area contributed by atoms with Crippen LogP contribution in [0.15, 0.2) is 11.2 Å². The van der Waals surface area contributed by atoms with Crippen LogP contribution in [0.3, 0.4) is 0 Å². The van der Waals surface area contributed by atoms with Crippen LogP contribution in [0.4, 0.5) is 13.2 Å². The van der Waals surface area contributed by atoms with Crippen molar-refractivity contribution in [3.63, 3.8) is 0 Å². The van der Waals surface area contributed by atoms with E-state index >= 15 is 0 Å². The predicted molar refractivity (Wildman–Crippen MR) is 40.1 cm³/mol. The van der Waals surface area contributed by atoms with Crippen molar-refractivity contribution in [1.29, 1.82) is 0 Å². The third kappa shape index (κ3) is 2.31. The van der Waals surface area contributed by atoms with E-state index in [2.05, 4.69) is 5.10 Å². The van der Waals surface area contributed by atoms with Crippen molar-refractivity contribution >= 4 is 23.4 Å². The summed E-state index contributed by atoms with van der Waals surface area (Å²) in [6, 6.07) is 0. The normalized spacial score (nSPS) is 12.1. The third-order valence-electron chi connectivity index (χ3n) is 1.05. The Morgan fingerprint density at radius 1 is 1.58 bits per heavy atom. The van der Waals surface area contributed by atoms with E-state index in [9.17, 15) is 13.2 Å².